The monoisotopic (exact) mass is 302 g/mol. The Morgan fingerprint density at radius 2 is 1.64 bits per heavy atom. The number of aryl methyl sites for hydroxylation is 1. The lowest BCUT2D eigenvalue weighted by atomic mass is 10.1. The number of carbonyl (C=O) groups excluding carboxylic acids is 2. The van der Waals surface area contributed by atoms with E-state index in [4.69, 9.17) is 0 Å². The van der Waals surface area contributed by atoms with Crippen LogP contribution in [0.25, 0.3) is 0 Å². The second-order valence-corrected chi connectivity index (χ2v) is 6.02. The van der Waals surface area contributed by atoms with Gasteiger partial charge in [-0.25, -0.2) is 0 Å². The fourth-order valence-electron chi connectivity index (χ4n) is 2.87. The van der Waals surface area contributed by atoms with Gasteiger partial charge in [-0.05, 0) is 24.8 Å². The lowest BCUT2D eigenvalue weighted by Crippen LogP contribution is -2.41. The van der Waals surface area contributed by atoms with Crippen molar-refractivity contribution in [2.24, 2.45) is 0 Å². The van der Waals surface area contributed by atoms with Gasteiger partial charge in [0.2, 0.25) is 11.8 Å². The molecule has 1 aliphatic carbocycles. The van der Waals surface area contributed by atoms with Crippen molar-refractivity contribution in [2.75, 3.05) is 6.54 Å². The molecule has 4 nitrogen and oxygen atoms in total. The van der Waals surface area contributed by atoms with Crippen LogP contribution in [0.15, 0.2) is 30.3 Å². The van der Waals surface area contributed by atoms with E-state index in [1.807, 2.05) is 30.3 Å². The molecular weight excluding hydrogens is 276 g/mol. The smallest absolute Gasteiger partial charge is 0.239 e. The second kappa shape index (κ2) is 9.23. The van der Waals surface area contributed by atoms with Crippen molar-refractivity contribution in [3.63, 3.8) is 0 Å². The minimum absolute atomic E-state index is 0.0695. The summed E-state index contributed by atoms with van der Waals surface area (Å²) in [7, 11) is 0. The molecule has 4 heteroatoms. The summed E-state index contributed by atoms with van der Waals surface area (Å²) in [6.45, 7) is 0.0874. The van der Waals surface area contributed by atoms with Crippen molar-refractivity contribution in [3.05, 3.63) is 35.9 Å². The van der Waals surface area contributed by atoms with Crippen LogP contribution in [0.4, 0.5) is 0 Å². The van der Waals surface area contributed by atoms with E-state index in [0.29, 0.717) is 12.8 Å². The van der Waals surface area contributed by atoms with Gasteiger partial charge in [0.15, 0.2) is 0 Å². The quantitative estimate of drug-likeness (QED) is 0.794. The fraction of sp³-hybridized carbons (Fsp3) is 0.556. The molecule has 1 aliphatic rings. The second-order valence-electron chi connectivity index (χ2n) is 6.02. The number of amides is 2. The summed E-state index contributed by atoms with van der Waals surface area (Å²) in [6.07, 6.45) is 8.16. The van der Waals surface area contributed by atoms with Gasteiger partial charge < -0.3 is 10.6 Å². The summed E-state index contributed by atoms with van der Waals surface area (Å²) in [5.41, 5.74) is 1.14. The molecule has 120 valence electrons. The van der Waals surface area contributed by atoms with Crippen molar-refractivity contribution < 1.29 is 9.59 Å². The Bertz CT molecular complexity index is 465. The number of nitrogens with one attached hydrogen (secondary N) is 2. The van der Waals surface area contributed by atoms with E-state index in [2.05, 4.69) is 10.6 Å². The van der Waals surface area contributed by atoms with Crippen molar-refractivity contribution in [3.8, 4) is 0 Å². The van der Waals surface area contributed by atoms with Gasteiger partial charge in [0.25, 0.3) is 0 Å². The number of rotatable bonds is 6. The Labute approximate surface area is 132 Å². The van der Waals surface area contributed by atoms with Crippen LogP contribution in [-0.2, 0) is 16.0 Å². The molecule has 0 saturated heterocycles. The zero-order chi connectivity index (χ0) is 15.6. The number of benzene rings is 1. The van der Waals surface area contributed by atoms with Gasteiger partial charge in [0.1, 0.15) is 0 Å². The number of carbonyl (C=O) groups is 2. The van der Waals surface area contributed by atoms with E-state index in [9.17, 15) is 9.59 Å². The van der Waals surface area contributed by atoms with Gasteiger partial charge in [-0.2, -0.15) is 0 Å². The molecule has 1 saturated carbocycles. The summed E-state index contributed by atoms with van der Waals surface area (Å²) >= 11 is 0. The maximum absolute atomic E-state index is 11.9. The molecule has 0 unspecified atom stereocenters. The Kier molecular flexibility index (Phi) is 6.94. The van der Waals surface area contributed by atoms with Crippen LogP contribution >= 0.6 is 0 Å². The van der Waals surface area contributed by atoms with E-state index >= 15 is 0 Å². The highest BCUT2D eigenvalue weighted by Crippen LogP contribution is 2.16. The first kappa shape index (κ1) is 16.5. The summed E-state index contributed by atoms with van der Waals surface area (Å²) in [5.74, 6) is -0.139. The van der Waals surface area contributed by atoms with E-state index in [-0.39, 0.29) is 24.4 Å². The summed E-state index contributed by atoms with van der Waals surface area (Å²) in [5, 5.41) is 5.74. The minimum atomic E-state index is -0.0696. The topological polar surface area (TPSA) is 58.2 Å². The molecule has 0 bridgehead atoms. The predicted molar refractivity (Wildman–Crippen MR) is 87.4 cm³/mol. The van der Waals surface area contributed by atoms with E-state index in [1.54, 1.807) is 0 Å². The van der Waals surface area contributed by atoms with Gasteiger partial charge in [0, 0.05) is 12.5 Å². The summed E-state index contributed by atoms with van der Waals surface area (Å²) in [6, 6.07) is 10.2. The third-order valence-corrected chi connectivity index (χ3v) is 4.15. The standard InChI is InChI=1S/C18H26N2O2/c21-17(13-12-15-8-4-3-5-9-15)19-14-18(22)20-16-10-6-1-2-7-11-16/h3-5,8-9,16H,1-2,6-7,10-14H2,(H,19,21)(H,20,22). The number of hydrogen-bond donors (Lipinski definition) is 2. The van der Waals surface area contributed by atoms with Gasteiger partial charge in [-0.3, -0.25) is 9.59 Å². The average Bonchev–Trinajstić information content (AvgIpc) is 2.80. The maximum atomic E-state index is 11.9. The van der Waals surface area contributed by atoms with E-state index < -0.39 is 0 Å². The van der Waals surface area contributed by atoms with Gasteiger partial charge in [-0.1, -0.05) is 56.0 Å². The molecular formula is C18H26N2O2. The van der Waals surface area contributed by atoms with Crippen molar-refractivity contribution in [2.45, 2.75) is 57.4 Å². The molecule has 0 atom stereocenters. The Morgan fingerprint density at radius 1 is 0.955 bits per heavy atom. The molecule has 2 rings (SSSR count). The van der Waals surface area contributed by atoms with E-state index in [0.717, 1.165) is 18.4 Å². The first-order valence-corrected chi connectivity index (χ1v) is 8.34. The van der Waals surface area contributed by atoms with Gasteiger partial charge in [0.05, 0.1) is 6.54 Å². The molecule has 0 heterocycles. The zero-order valence-electron chi connectivity index (χ0n) is 13.1. The average molecular weight is 302 g/mol. The van der Waals surface area contributed by atoms with Crippen LogP contribution in [0, 0.1) is 0 Å². The highest BCUT2D eigenvalue weighted by Gasteiger charge is 2.14. The molecule has 0 radical (unpaired) electrons. The first-order chi connectivity index (χ1) is 10.7. The van der Waals surface area contributed by atoms with Crippen LogP contribution in [0.3, 0.4) is 0 Å². The van der Waals surface area contributed by atoms with Crippen LogP contribution < -0.4 is 10.6 Å². The zero-order valence-corrected chi connectivity index (χ0v) is 13.1. The lowest BCUT2D eigenvalue weighted by Gasteiger charge is -2.16. The molecule has 0 aliphatic heterocycles. The summed E-state index contributed by atoms with van der Waals surface area (Å²) in [4.78, 5) is 23.7. The molecule has 0 aromatic heterocycles. The Hall–Kier alpha value is -1.84. The third-order valence-electron chi connectivity index (χ3n) is 4.15. The molecule has 1 aromatic carbocycles. The van der Waals surface area contributed by atoms with Crippen molar-refractivity contribution in [1.82, 2.24) is 10.6 Å². The Morgan fingerprint density at radius 3 is 2.32 bits per heavy atom. The van der Waals surface area contributed by atoms with Gasteiger partial charge in [-0.15, -0.1) is 0 Å². The van der Waals surface area contributed by atoms with Crippen LogP contribution in [-0.4, -0.2) is 24.4 Å². The molecule has 1 aromatic rings. The highest BCUT2D eigenvalue weighted by molar-refractivity contribution is 5.84. The van der Waals surface area contributed by atoms with Crippen LogP contribution in [0.1, 0.15) is 50.5 Å². The summed E-state index contributed by atoms with van der Waals surface area (Å²) < 4.78 is 0. The first-order valence-electron chi connectivity index (χ1n) is 8.34. The molecule has 22 heavy (non-hydrogen) atoms. The van der Waals surface area contributed by atoms with Crippen molar-refractivity contribution in [1.29, 1.82) is 0 Å². The molecule has 1 fully saturated rings. The lowest BCUT2D eigenvalue weighted by molar-refractivity contribution is -0.126. The number of hydrogen-bond acceptors (Lipinski definition) is 2. The van der Waals surface area contributed by atoms with E-state index in [1.165, 1.54) is 25.7 Å². The molecule has 2 N–H and O–H groups in total. The largest absolute Gasteiger partial charge is 0.352 e. The third kappa shape index (κ3) is 6.29. The Balaban J connectivity index is 1.61. The fourth-order valence-corrected chi connectivity index (χ4v) is 2.87. The SMILES string of the molecule is O=C(CCc1ccccc1)NCC(=O)NC1CCCCCC1. The van der Waals surface area contributed by atoms with Crippen molar-refractivity contribution >= 4 is 11.8 Å². The molecule has 2 amide bonds. The predicted octanol–water partition coefficient (Wildman–Crippen LogP) is 2.57. The maximum Gasteiger partial charge on any atom is 0.239 e. The molecule has 0 spiro atoms. The van der Waals surface area contributed by atoms with Crippen LogP contribution in [0.2, 0.25) is 0 Å². The highest BCUT2D eigenvalue weighted by atomic mass is 16.2. The van der Waals surface area contributed by atoms with Crippen LogP contribution in [0.5, 0.6) is 0 Å². The minimum Gasteiger partial charge on any atom is -0.352 e. The van der Waals surface area contributed by atoms with Gasteiger partial charge >= 0.3 is 0 Å². The normalized spacial score (nSPS) is 15.8.